The van der Waals surface area contributed by atoms with Gasteiger partial charge in [-0.1, -0.05) is 0 Å². The Balaban J connectivity index is 1.42. The van der Waals surface area contributed by atoms with Crippen LogP contribution in [0, 0.1) is 11.7 Å². The van der Waals surface area contributed by atoms with E-state index < -0.39 is 5.92 Å². The normalized spacial score (nSPS) is 21.7. The fraction of sp³-hybridized carbons (Fsp3) is 0.588. The molecule has 0 radical (unpaired) electrons. The summed E-state index contributed by atoms with van der Waals surface area (Å²) in [5, 5.41) is 0. The molecule has 132 valence electrons. The number of benzene rings is 1. The molecule has 1 heterocycles. The smallest absolute Gasteiger partial charge is 0.248 e. The molecule has 1 aromatic carbocycles. The number of alkyl halides is 2. The van der Waals surface area contributed by atoms with Crippen molar-refractivity contribution in [2.45, 2.75) is 25.2 Å². The van der Waals surface area contributed by atoms with Crippen LogP contribution in [-0.2, 0) is 0 Å². The second-order valence-corrected chi connectivity index (χ2v) is 6.61. The van der Waals surface area contributed by atoms with E-state index >= 15 is 0 Å². The summed E-state index contributed by atoms with van der Waals surface area (Å²) in [6, 6.07) is 6.47. The fourth-order valence-corrected chi connectivity index (χ4v) is 3.30. The summed E-state index contributed by atoms with van der Waals surface area (Å²) >= 11 is 0. The molecular weight excluding hydrogens is 317 g/mol. The molecule has 2 fully saturated rings. The van der Waals surface area contributed by atoms with Gasteiger partial charge in [0.05, 0.1) is 0 Å². The van der Waals surface area contributed by atoms with Gasteiger partial charge in [0.1, 0.15) is 5.82 Å². The maximum atomic E-state index is 13.0. The van der Waals surface area contributed by atoms with Crippen molar-refractivity contribution >= 4 is 11.6 Å². The number of hydrogen-bond donors (Lipinski definition) is 1. The molecule has 24 heavy (non-hydrogen) atoms. The Hall–Kier alpha value is -1.92. The Bertz CT molecular complexity index is 572. The predicted molar refractivity (Wildman–Crippen MR) is 89.0 cm³/mol. The highest BCUT2D eigenvalue weighted by molar-refractivity contribution is 5.78. The summed E-state index contributed by atoms with van der Waals surface area (Å²) in [5.74, 6) is -2.14. The second-order valence-electron chi connectivity index (χ2n) is 6.61. The highest BCUT2D eigenvalue weighted by Gasteiger charge is 2.44. The Morgan fingerprint density at radius 2 is 1.75 bits per heavy atom. The van der Waals surface area contributed by atoms with Crippen LogP contribution in [-0.4, -0.2) is 49.5 Å². The van der Waals surface area contributed by atoms with Gasteiger partial charge < -0.3 is 15.5 Å². The van der Waals surface area contributed by atoms with Crippen LogP contribution in [0.3, 0.4) is 0 Å². The lowest BCUT2D eigenvalue weighted by molar-refractivity contribution is -0.111. The van der Waals surface area contributed by atoms with E-state index in [0.29, 0.717) is 18.9 Å². The van der Waals surface area contributed by atoms with Crippen LogP contribution in [0.4, 0.5) is 18.9 Å². The first-order valence-corrected chi connectivity index (χ1v) is 8.36. The van der Waals surface area contributed by atoms with Crippen LogP contribution >= 0.6 is 0 Å². The third-order valence-electron chi connectivity index (χ3n) is 4.78. The number of rotatable bonds is 4. The predicted octanol–water partition coefficient (Wildman–Crippen LogP) is 2.70. The van der Waals surface area contributed by atoms with Crippen LogP contribution in [0.25, 0.3) is 0 Å². The Kier molecular flexibility index (Phi) is 4.87. The number of nitrogens with two attached hydrogens (primary N) is 1. The molecule has 1 aliphatic heterocycles. The number of aliphatic imine (C=N–C) groups is 1. The van der Waals surface area contributed by atoms with Crippen LogP contribution in [0.15, 0.2) is 29.3 Å². The minimum atomic E-state index is -2.46. The molecule has 0 spiro atoms. The van der Waals surface area contributed by atoms with Crippen molar-refractivity contribution in [1.29, 1.82) is 0 Å². The molecule has 7 heteroatoms. The molecule has 0 amide bonds. The molecule has 1 aromatic rings. The zero-order chi connectivity index (χ0) is 17.2. The summed E-state index contributed by atoms with van der Waals surface area (Å²) in [4.78, 5) is 8.52. The first-order valence-electron chi connectivity index (χ1n) is 8.36. The first-order chi connectivity index (χ1) is 11.4. The summed E-state index contributed by atoms with van der Waals surface area (Å²) in [6.45, 7) is 3.57. The van der Waals surface area contributed by atoms with E-state index in [2.05, 4.69) is 9.89 Å². The topological polar surface area (TPSA) is 44.9 Å². The largest absolute Gasteiger partial charge is 0.370 e. The molecule has 1 aliphatic carbocycles. The van der Waals surface area contributed by atoms with Gasteiger partial charge in [-0.25, -0.2) is 13.2 Å². The van der Waals surface area contributed by atoms with Gasteiger partial charge in [-0.15, -0.1) is 0 Å². The number of anilines is 1. The van der Waals surface area contributed by atoms with Crippen molar-refractivity contribution in [3.05, 3.63) is 30.1 Å². The fourth-order valence-electron chi connectivity index (χ4n) is 3.30. The van der Waals surface area contributed by atoms with Gasteiger partial charge in [0.2, 0.25) is 5.92 Å². The number of hydrogen-bond acceptors (Lipinski definition) is 2. The van der Waals surface area contributed by atoms with Crippen molar-refractivity contribution in [2.75, 3.05) is 37.6 Å². The number of piperazine rings is 1. The van der Waals surface area contributed by atoms with Gasteiger partial charge in [-0.2, -0.15) is 0 Å². The lowest BCUT2D eigenvalue weighted by atomic mass is 9.79. The summed E-state index contributed by atoms with van der Waals surface area (Å²) in [5.41, 5.74) is 7.01. The maximum Gasteiger partial charge on any atom is 0.248 e. The van der Waals surface area contributed by atoms with Gasteiger partial charge in [0.15, 0.2) is 5.96 Å². The van der Waals surface area contributed by atoms with Crippen LogP contribution < -0.4 is 10.6 Å². The van der Waals surface area contributed by atoms with E-state index in [4.69, 9.17) is 5.73 Å². The Morgan fingerprint density at radius 3 is 2.33 bits per heavy atom. The highest BCUT2D eigenvalue weighted by atomic mass is 19.3. The van der Waals surface area contributed by atoms with Crippen molar-refractivity contribution in [1.82, 2.24) is 4.90 Å². The van der Waals surface area contributed by atoms with Gasteiger partial charge in [-0.05, 0) is 36.6 Å². The van der Waals surface area contributed by atoms with Gasteiger partial charge in [-0.3, -0.25) is 4.99 Å². The van der Waals surface area contributed by atoms with Crippen molar-refractivity contribution in [3.63, 3.8) is 0 Å². The quantitative estimate of drug-likeness (QED) is 0.677. The Labute approximate surface area is 140 Å². The number of halogens is 3. The average Bonchev–Trinajstić information content (AvgIpc) is 2.54. The first kappa shape index (κ1) is 16.9. The monoisotopic (exact) mass is 340 g/mol. The third-order valence-corrected chi connectivity index (χ3v) is 4.78. The third kappa shape index (κ3) is 4.13. The summed E-state index contributed by atoms with van der Waals surface area (Å²) < 4.78 is 38.5. The van der Waals surface area contributed by atoms with Crippen LogP contribution in [0.5, 0.6) is 0 Å². The van der Waals surface area contributed by atoms with Gasteiger partial charge >= 0.3 is 0 Å². The molecule has 3 rings (SSSR count). The minimum Gasteiger partial charge on any atom is -0.370 e. The SMILES string of the molecule is NC(=NCCC1CC(F)(F)C1)N1CCN(c2ccc(F)cc2)CC1. The van der Waals surface area contributed by atoms with E-state index in [-0.39, 0.29) is 24.6 Å². The molecule has 1 saturated carbocycles. The van der Waals surface area contributed by atoms with E-state index in [9.17, 15) is 13.2 Å². The molecule has 4 nitrogen and oxygen atoms in total. The van der Waals surface area contributed by atoms with Crippen LogP contribution in [0.1, 0.15) is 19.3 Å². The standard InChI is InChI=1S/C17H23F3N4/c18-14-1-3-15(4-2-14)23-7-9-24(10-8-23)16(21)22-6-5-13-11-17(19,20)12-13/h1-4,13H,5-12H2,(H2,21,22). The van der Waals surface area contributed by atoms with E-state index in [1.165, 1.54) is 12.1 Å². The molecule has 0 bridgehead atoms. The van der Waals surface area contributed by atoms with Crippen molar-refractivity contribution in [3.8, 4) is 0 Å². The second kappa shape index (κ2) is 6.91. The van der Waals surface area contributed by atoms with E-state index in [1.54, 1.807) is 12.1 Å². The average molecular weight is 340 g/mol. The molecule has 1 saturated heterocycles. The summed E-state index contributed by atoms with van der Waals surface area (Å²) in [6.07, 6.45) is 0.642. The van der Waals surface area contributed by atoms with Gasteiger partial charge in [0.25, 0.3) is 0 Å². The van der Waals surface area contributed by atoms with Crippen molar-refractivity contribution < 1.29 is 13.2 Å². The molecule has 0 unspecified atom stereocenters. The molecule has 0 atom stereocenters. The lowest BCUT2D eigenvalue weighted by Gasteiger charge is -2.37. The molecule has 2 N–H and O–H groups in total. The number of guanidine groups is 1. The van der Waals surface area contributed by atoms with Gasteiger partial charge in [0, 0.05) is 51.3 Å². The molecule has 2 aliphatic rings. The van der Waals surface area contributed by atoms with E-state index in [0.717, 1.165) is 31.9 Å². The zero-order valence-corrected chi connectivity index (χ0v) is 13.6. The van der Waals surface area contributed by atoms with Crippen molar-refractivity contribution in [2.24, 2.45) is 16.6 Å². The maximum absolute atomic E-state index is 13.0. The minimum absolute atomic E-state index is 0.0151. The lowest BCUT2D eigenvalue weighted by Crippen LogP contribution is -2.51. The highest BCUT2D eigenvalue weighted by Crippen LogP contribution is 2.43. The van der Waals surface area contributed by atoms with Crippen LogP contribution in [0.2, 0.25) is 0 Å². The zero-order valence-electron chi connectivity index (χ0n) is 13.6. The number of nitrogens with zero attached hydrogens (tertiary/aromatic N) is 3. The summed E-state index contributed by atoms with van der Waals surface area (Å²) in [7, 11) is 0. The van der Waals surface area contributed by atoms with E-state index in [1.807, 2.05) is 4.90 Å². The Morgan fingerprint density at radius 1 is 1.12 bits per heavy atom. The molecule has 0 aromatic heterocycles. The molecular formula is C17H23F3N4.